The largest absolute Gasteiger partial charge is 0.325 e. The number of hydrogen-bond acceptors (Lipinski definition) is 4. The number of hydrogen-bond donors (Lipinski definition) is 2. The van der Waals surface area contributed by atoms with Crippen LogP contribution in [0.25, 0.3) is 21.9 Å². The molecule has 6 heteroatoms. The van der Waals surface area contributed by atoms with Crippen LogP contribution in [0.15, 0.2) is 23.0 Å². The molecule has 3 aromatic rings. The summed E-state index contributed by atoms with van der Waals surface area (Å²) in [5, 5.41) is 12.3. The van der Waals surface area contributed by atoms with Crippen molar-refractivity contribution in [2.45, 2.75) is 20.4 Å². The Morgan fingerprint density at radius 2 is 2.05 bits per heavy atom. The number of rotatable bonds is 2. The molecule has 0 saturated carbocycles. The van der Waals surface area contributed by atoms with E-state index in [1.807, 2.05) is 43.8 Å². The molecule has 2 aromatic heterocycles. The fourth-order valence-corrected chi connectivity index (χ4v) is 2.72. The molecule has 3 rings (SSSR count). The van der Waals surface area contributed by atoms with Crippen LogP contribution in [0.3, 0.4) is 0 Å². The molecule has 0 saturated heterocycles. The van der Waals surface area contributed by atoms with Gasteiger partial charge in [0.2, 0.25) is 0 Å². The molecule has 0 unspecified atom stereocenters. The first-order valence-corrected chi connectivity index (χ1v) is 6.75. The minimum Gasteiger partial charge on any atom is -0.325 e. The number of aromatic amines is 1. The summed E-state index contributed by atoms with van der Waals surface area (Å²) in [5.74, 6) is 0. The first kappa shape index (κ1) is 13.5. The highest BCUT2D eigenvalue weighted by Crippen LogP contribution is 2.29. The molecule has 0 spiro atoms. The van der Waals surface area contributed by atoms with E-state index < -0.39 is 0 Å². The second-order valence-corrected chi connectivity index (χ2v) is 5.13. The van der Waals surface area contributed by atoms with Gasteiger partial charge in [-0.15, -0.1) is 0 Å². The summed E-state index contributed by atoms with van der Waals surface area (Å²) in [7, 11) is 1.92. The van der Waals surface area contributed by atoms with Gasteiger partial charge in [-0.25, -0.2) is 5.10 Å². The maximum Gasteiger partial charge on any atom is 0.272 e. The molecule has 6 nitrogen and oxygen atoms in total. The van der Waals surface area contributed by atoms with Crippen molar-refractivity contribution in [3.8, 4) is 11.1 Å². The SMILES string of the molecule is Cc1nn(C)c(C)c1-c1ccc2c(=O)[nH]nc(CN)c2c1. The second kappa shape index (κ2) is 4.82. The van der Waals surface area contributed by atoms with Crippen LogP contribution in [0.2, 0.25) is 0 Å². The lowest BCUT2D eigenvalue weighted by Crippen LogP contribution is -2.13. The van der Waals surface area contributed by atoms with Crippen LogP contribution in [0.1, 0.15) is 17.1 Å². The van der Waals surface area contributed by atoms with E-state index in [-0.39, 0.29) is 12.1 Å². The standard InChI is InChI=1S/C15H17N5O/c1-8-14(9(2)20(3)19-8)10-4-5-11-12(6-10)13(7-16)17-18-15(11)21/h4-6H,7,16H2,1-3H3,(H,18,21). The molecule has 0 bridgehead atoms. The highest BCUT2D eigenvalue weighted by Gasteiger charge is 2.13. The Morgan fingerprint density at radius 3 is 2.67 bits per heavy atom. The molecule has 3 N–H and O–H groups in total. The van der Waals surface area contributed by atoms with Gasteiger partial charge in [0, 0.05) is 30.2 Å². The third kappa shape index (κ3) is 2.04. The molecule has 0 fully saturated rings. The molecule has 21 heavy (non-hydrogen) atoms. The van der Waals surface area contributed by atoms with Crippen molar-refractivity contribution >= 4 is 10.8 Å². The maximum atomic E-state index is 11.9. The van der Waals surface area contributed by atoms with Gasteiger partial charge in [0.25, 0.3) is 5.56 Å². The molecule has 0 radical (unpaired) electrons. The molecule has 0 aliphatic rings. The lowest BCUT2D eigenvalue weighted by molar-refractivity contribution is 0.731. The summed E-state index contributed by atoms with van der Waals surface area (Å²) >= 11 is 0. The van der Waals surface area contributed by atoms with Crippen LogP contribution in [0.5, 0.6) is 0 Å². The Kier molecular flexibility index (Phi) is 3.10. The Hall–Kier alpha value is -2.47. The third-order valence-electron chi connectivity index (χ3n) is 3.86. The van der Waals surface area contributed by atoms with Crippen molar-refractivity contribution in [2.75, 3.05) is 0 Å². The highest BCUT2D eigenvalue weighted by molar-refractivity contribution is 5.89. The summed E-state index contributed by atoms with van der Waals surface area (Å²) in [6, 6.07) is 5.72. The molecule has 0 aliphatic carbocycles. The van der Waals surface area contributed by atoms with E-state index in [9.17, 15) is 4.79 Å². The van der Waals surface area contributed by atoms with E-state index >= 15 is 0 Å². The number of nitrogens with two attached hydrogens (primary N) is 1. The topological polar surface area (TPSA) is 89.6 Å². The predicted octanol–water partition coefficient (Wildman–Crippen LogP) is 1.40. The van der Waals surface area contributed by atoms with Crippen molar-refractivity contribution in [2.24, 2.45) is 12.8 Å². The van der Waals surface area contributed by atoms with Crippen molar-refractivity contribution in [3.63, 3.8) is 0 Å². The van der Waals surface area contributed by atoms with Gasteiger partial charge in [-0.2, -0.15) is 10.2 Å². The lowest BCUT2D eigenvalue weighted by atomic mass is 10.00. The van der Waals surface area contributed by atoms with Crippen LogP contribution in [0.4, 0.5) is 0 Å². The predicted molar refractivity (Wildman–Crippen MR) is 81.9 cm³/mol. The average molecular weight is 283 g/mol. The van der Waals surface area contributed by atoms with E-state index in [1.54, 1.807) is 0 Å². The zero-order chi connectivity index (χ0) is 15.1. The number of H-pyrrole nitrogens is 1. The first-order valence-electron chi connectivity index (χ1n) is 6.75. The van der Waals surface area contributed by atoms with E-state index in [0.717, 1.165) is 27.9 Å². The monoisotopic (exact) mass is 283 g/mol. The van der Waals surface area contributed by atoms with E-state index in [1.165, 1.54) is 0 Å². The second-order valence-electron chi connectivity index (χ2n) is 5.13. The van der Waals surface area contributed by atoms with Crippen molar-refractivity contribution in [3.05, 3.63) is 45.6 Å². The number of aromatic nitrogens is 4. The van der Waals surface area contributed by atoms with Gasteiger partial charge in [-0.1, -0.05) is 6.07 Å². The molecule has 0 amide bonds. The highest BCUT2D eigenvalue weighted by atomic mass is 16.1. The smallest absolute Gasteiger partial charge is 0.272 e. The quantitative estimate of drug-likeness (QED) is 0.744. The zero-order valence-corrected chi connectivity index (χ0v) is 12.3. The van der Waals surface area contributed by atoms with Gasteiger partial charge in [-0.3, -0.25) is 9.48 Å². The van der Waals surface area contributed by atoms with Crippen LogP contribution in [0, 0.1) is 13.8 Å². The van der Waals surface area contributed by atoms with Gasteiger partial charge in [0.05, 0.1) is 16.8 Å². The third-order valence-corrected chi connectivity index (χ3v) is 3.86. The van der Waals surface area contributed by atoms with E-state index in [0.29, 0.717) is 11.1 Å². The van der Waals surface area contributed by atoms with E-state index in [4.69, 9.17) is 5.73 Å². The summed E-state index contributed by atoms with van der Waals surface area (Å²) in [4.78, 5) is 11.9. The Morgan fingerprint density at radius 1 is 1.29 bits per heavy atom. The molecular formula is C15H17N5O. The summed E-state index contributed by atoms with van der Waals surface area (Å²) < 4.78 is 1.86. The molecule has 2 heterocycles. The maximum absolute atomic E-state index is 11.9. The number of aryl methyl sites for hydroxylation is 2. The van der Waals surface area contributed by atoms with E-state index in [2.05, 4.69) is 15.3 Å². The van der Waals surface area contributed by atoms with Crippen molar-refractivity contribution in [1.29, 1.82) is 0 Å². The lowest BCUT2D eigenvalue weighted by Gasteiger charge is -2.07. The van der Waals surface area contributed by atoms with Crippen LogP contribution >= 0.6 is 0 Å². The minimum absolute atomic E-state index is 0.201. The van der Waals surface area contributed by atoms with Gasteiger partial charge >= 0.3 is 0 Å². The zero-order valence-electron chi connectivity index (χ0n) is 12.3. The summed E-state index contributed by atoms with van der Waals surface area (Å²) in [6.07, 6.45) is 0. The van der Waals surface area contributed by atoms with Gasteiger partial charge < -0.3 is 5.73 Å². The Bertz CT molecular complexity index is 891. The van der Waals surface area contributed by atoms with Crippen molar-refractivity contribution in [1.82, 2.24) is 20.0 Å². The van der Waals surface area contributed by atoms with Crippen molar-refractivity contribution < 1.29 is 0 Å². The number of fused-ring (bicyclic) bond motifs is 1. The number of nitrogens with one attached hydrogen (secondary N) is 1. The molecular weight excluding hydrogens is 266 g/mol. The van der Waals surface area contributed by atoms with Gasteiger partial charge in [0.15, 0.2) is 0 Å². The summed E-state index contributed by atoms with van der Waals surface area (Å²) in [6.45, 7) is 4.29. The first-order chi connectivity index (χ1) is 10.0. The Balaban J connectivity index is 2.33. The van der Waals surface area contributed by atoms with Crippen LogP contribution < -0.4 is 11.3 Å². The molecule has 0 atom stereocenters. The van der Waals surface area contributed by atoms with Crippen LogP contribution in [-0.2, 0) is 13.6 Å². The average Bonchev–Trinajstić information content (AvgIpc) is 2.72. The number of nitrogens with zero attached hydrogens (tertiary/aromatic N) is 3. The Labute approximate surface area is 121 Å². The number of benzene rings is 1. The molecule has 108 valence electrons. The summed E-state index contributed by atoms with van der Waals surface area (Å²) in [5.41, 5.74) is 10.4. The molecule has 0 aliphatic heterocycles. The van der Waals surface area contributed by atoms with Crippen LogP contribution in [-0.4, -0.2) is 20.0 Å². The van der Waals surface area contributed by atoms with Gasteiger partial charge in [0.1, 0.15) is 0 Å². The minimum atomic E-state index is -0.201. The fraction of sp³-hybridized carbons (Fsp3) is 0.267. The fourth-order valence-electron chi connectivity index (χ4n) is 2.72. The normalized spacial score (nSPS) is 11.2. The van der Waals surface area contributed by atoms with Gasteiger partial charge in [-0.05, 0) is 31.5 Å². The molecule has 1 aromatic carbocycles.